The molecule has 0 fully saturated rings. The van der Waals surface area contributed by atoms with Crippen molar-refractivity contribution < 1.29 is 14.7 Å². The molecule has 0 spiro atoms. The van der Waals surface area contributed by atoms with Crippen molar-refractivity contribution in [3.05, 3.63) is 89.6 Å². The molecule has 0 atom stereocenters. The minimum atomic E-state index is -0.987. The highest BCUT2D eigenvalue weighted by molar-refractivity contribution is 7.99. The molecule has 0 saturated carbocycles. The summed E-state index contributed by atoms with van der Waals surface area (Å²) in [5.74, 6) is -0.344. The highest BCUT2D eigenvalue weighted by atomic mass is 32.2. The zero-order valence-electron chi connectivity index (χ0n) is 19.5. The van der Waals surface area contributed by atoms with Crippen LogP contribution in [0.25, 0.3) is 28.1 Å². The number of H-pyrrole nitrogens is 1. The Hall–Kier alpha value is -4.90. The average molecular weight is 512 g/mol. The van der Waals surface area contributed by atoms with Crippen molar-refractivity contribution in [2.24, 2.45) is 10.8 Å². The molecule has 184 valence electrons. The topological polar surface area (TPSA) is 151 Å². The van der Waals surface area contributed by atoms with Gasteiger partial charge in [-0.1, -0.05) is 42.1 Å². The third-order valence-corrected chi connectivity index (χ3v) is 6.60. The van der Waals surface area contributed by atoms with E-state index in [0.29, 0.717) is 16.9 Å². The molecule has 0 bridgehead atoms. The second-order valence-corrected chi connectivity index (χ2v) is 9.10. The van der Waals surface area contributed by atoms with E-state index >= 15 is 0 Å². The SMILES string of the molecule is Cc1nn(-c2ccccc2)c(Sc2ccc(-c3nc4ccc(C(=O)O)cc4[nH]3)cc2)c1/C=N/NC(N)=O. The van der Waals surface area contributed by atoms with Gasteiger partial charge in [0.15, 0.2) is 0 Å². The Bertz CT molecular complexity index is 1640. The number of hydrogen-bond donors (Lipinski definition) is 4. The number of aryl methyl sites for hydroxylation is 1. The van der Waals surface area contributed by atoms with E-state index < -0.39 is 12.0 Å². The fourth-order valence-corrected chi connectivity index (χ4v) is 4.78. The van der Waals surface area contributed by atoms with Gasteiger partial charge >= 0.3 is 12.0 Å². The van der Waals surface area contributed by atoms with Crippen LogP contribution >= 0.6 is 11.8 Å². The quantitative estimate of drug-likeness (QED) is 0.185. The first kappa shape index (κ1) is 23.8. The summed E-state index contributed by atoms with van der Waals surface area (Å²) in [5, 5.41) is 18.7. The number of carbonyl (C=O) groups is 2. The maximum absolute atomic E-state index is 11.3. The number of aromatic amines is 1. The number of rotatable bonds is 7. The standard InChI is InChI=1S/C26H21N7O3S/c1-15-20(14-28-31-26(27)36)24(33(32-15)18-5-3-2-4-6-18)37-19-10-7-16(8-11-19)23-29-21-12-9-17(25(34)35)13-22(21)30-23/h2-14H,1H3,(H,29,30)(H,34,35)(H3,27,31,36)/b28-14+. The number of urea groups is 1. The zero-order chi connectivity index (χ0) is 25.9. The van der Waals surface area contributed by atoms with Crippen molar-refractivity contribution in [3.63, 3.8) is 0 Å². The van der Waals surface area contributed by atoms with Crippen LogP contribution in [0.1, 0.15) is 21.6 Å². The Morgan fingerprint density at radius 2 is 1.86 bits per heavy atom. The molecule has 0 saturated heterocycles. The molecule has 0 unspecified atom stereocenters. The summed E-state index contributed by atoms with van der Waals surface area (Å²) in [4.78, 5) is 31.1. The monoisotopic (exact) mass is 511 g/mol. The van der Waals surface area contributed by atoms with Gasteiger partial charge in [0.2, 0.25) is 0 Å². The van der Waals surface area contributed by atoms with Crippen LogP contribution in [-0.2, 0) is 0 Å². The van der Waals surface area contributed by atoms with Gasteiger partial charge in [-0.05, 0) is 49.4 Å². The van der Waals surface area contributed by atoms with Crippen molar-refractivity contribution >= 4 is 41.0 Å². The fraction of sp³-hybridized carbons (Fsp3) is 0.0385. The second kappa shape index (κ2) is 9.99. The lowest BCUT2D eigenvalue weighted by atomic mass is 10.2. The minimum absolute atomic E-state index is 0.199. The van der Waals surface area contributed by atoms with Gasteiger partial charge < -0.3 is 15.8 Å². The molecule has 0 radical (unpaired) electrons. The summed E-state index contributed by atoms with van der Waals surface area (Å²) in [6, 6.07) is 21.6. The van der Waals surface area contributed by atoms with Crippen LogP contribution in [0, 0.1) is 6.92 Å². The van der Waals surface area contributed by atoms with E-state index in [1.54, 1.807) is 12.1 Å². The molecule has 37 heavy (non-hydrogen) atoms. The van der Waals surface area contributed by atoms with Gasteiger partial charge in [0.05, 0.1) is 39.8 Å². The van der Waals surface area contributed by atoms with Crippen molar-refractivity contribution in [1.29, 1.82) is 0 Å². The fourth-order valence-electron chi connectivity index (χ4n) is 3.74. The third-order valence-electron chi connectivity index (χ3n) is 5.50. The Morgan fingerprint density at radius 3 is 2.57 bits per heavy atom. The van der Waals surface area contributed by atoms with Gasteiger partial charge in [0.25, 0.3) is 0 Å². The zero-order valence-corrected chi connectivity index (χ0v) is 20.4. The van der Waals surface area contributed by atoms with Gasteiger partial charge in [-0.2, -0.15) is 10.2 Å². The molecule has 2 aromatic heterocycles. The number of benzene rings is 3. The number of nitrogens with zero attached hydrogens (tertiary/aromatic N) is 4. The minimum Gasteiger partial charge on any atom is -0.478 e. The molecule has 0 aliphatic carbocycles. The molecule has 3 aromatic carbocycles. The molecule has 2 amide bonds. The van der Waals surface area contributed by atoms with Crippen LogP contribution < -0.4 is 11.2 Å². The number of aromatic carboxylic acids is 1. The molecule has 0 aliphatic heterocycles. The molecule has 10 nitrogen and oxygen atoms in total. The lowest BCUT2D eigenvalue weighted by Gasteiger charge is -2.09. The van der Waals surface area contributed by atoms with E-state index in [9.17, 15) is 14.7 Å². The highest BCUT2D eigenvalue weighted by Crippen LogP contribution is 2.34. The summed E-state index contributed by atoms with van der Waals surface area (Å²) in [7, 11) is 0. The third kappa shape index (κ3) is 5.07. The second-order valence-electron chi connectivity index (χ2n) is 8.03. The number of nitrogens with two attached hydrogens (primary N) is 1. The van der Waals surface area contributed by atoms with Crippen LogP contribution in [0.3, 0.4) is 0 Å². The van der Waals surface area contributed by atoms with Gasteiger partial charge in [-0.3, -0.25) is 0 Å². The van der Waals surface area contributed by atoms with E-state index in [1.807, 2.05) is 66.2 Å². The molecule has 5 aromatic rings. The number of fused-ring (bicyclic) bond motifs is 1. The van der Waals surface area contributed by atoms with Gasteiger partial charge in [0.1, 0.15) is 10.9 Å². The van der Waals surface area contributed by atoms with E-state index in [0.717, 1.165) is 32.4 Å². The van der Waals surface area contributed by atoms with E-state index in [4.69, 9.17) is 5.73 Å². The molecule has 11 heteroatoms. The molecular formula is C26H21N7O3S. The molecule has 2 heterocycles. The van der Waals surface area contributed by atoms with Gasteiger partial charge in [0, 0.05) is 10.5 Å². The normalized spacial score (nSPS) is 11.3. The van der Waals surface area contributed by atoms with Crippen LogP contribution in [-0.4, -0.2) is 43.1 Å². The lowest BCUT2D eigenvalue weighted by molar-refractivity contribution is 0.0697. The maximum atomic E-state index is 11.3. The number of primary amides is 1. The number of nitrogens with one attached hydrogen (secondary N) is 2. The van der Waals surface area contributed by atoms with E-state index in [2.05, 4.69) is 25.6 Å². The number of carboxylic acid groups (broad SMARTS) is 1. The number of aromatic nitrogens is 4. The highest BCUT2D eigenvalue weighted by Gasteiger charge is 2.17. The Kier molecular flexibility index (Phi) is 6.43. The Morgan fingerprint density at radius 1 is 1.11 bits per heavy atom. The smallest absolute Gasteiger partial charge is 0.335 e. The number of amides is 2. The number of carboxylic acids is 1. The average Bonchev–Trinajstić information content (AvgIpc) is 3.45. The number of imidazole rings is 1. The molecule has 0 aliphatic rings. The van der Waals surface area contributed by atoms with Crippen LogP contribution in [0.15, 0.2) is 87.8 Å². The first-order chi connectivity index (χ1) is 17.9. The Balaban J connectivity index is 1.47. The molecule has 5 rings (SSSR count). The summed E-state index contributed by atoms with van der Waals surface area (Å²) < 4.78 is 1.83. The molecule has 5 N–H and O–H groups in total. The van der Waals surface area contributed by atoms with Gasteiger partial charge in [-0.15, -0.1) is 0 Å². The van der Waals surface area contributed by atoms with Gasteiger partial charge in [-0.25, -0.2) is 24.7 Å². The van der Waals surface area contributed by atoms with E-state index in [1.165, 1.54) is 24.0 Å². The summed E-state index contributed by atoms with van der Waals surface area (Å²) in [6.45, 7) is 1.87. The number of hydrogen-bond acceptors (Lipinski definition) is 6. The summed E-state index contributed by atoms with van der Waals surface area (Å²) in [5.41, 5.74) is 12.1. The van der Waals surface area contributed by atoms with Crippen molar-refractivity contribution in [3.8, 4) is 17.1 Å². The predicted molar refractivity (Wildman–Crippen MR) is 141 cm³/mol. The first-order valence-electron chi connectivity index (χ1n) is 11.1. The van der Waals surface area contributed by atoms with Crippen LogP contribution in [0.2, 0.25) is 0 Å². The summed E-state index contributed by atoms with van der Waals surface area (Å²) in [6.07, 6.45) is 1.53. The summed E-state index contributed by atoms with van der Waals surface area (Å²) >= 11 is 1.50. The predicted octanol–water partition coefficient (Wildman–Crippen LogP) is 4.58. The number of carbonyl (C=O) groups excluding carboxylic acids is 1. The first-order valence-corrected chi connectivity index (χ1v) is 12.0. The number of hydrazone groups is 1. The van der Waals surface area contributed by atoms with Crippen molar-refractivity contribution in [2.75, 3.05) is 0 Å². The number of para-hydroxylation sites is 1. The lowest BCUT2D eigenvalue weighted by Crippen LogP contribution is -2.24. The molecular weight excluding hydrogens is 490 g/mol. The van der Waals surface area contributed by atoms with Crippen LogP contribution in [0.5, 0.6) is 0 Å². The largest absolute Gasteiger partial charge is 0.478 e. The van der Waals surface area contributed by atoms with Crippen LogP contribution in [0.4, 0.5) is 4.79 Å². The van der Waals surface area contributed by atoms with Crippen molar-refractivity contribution in [2.45, 2.75) is 16.8 Å². The maximum Gasteiger partial charge on any atom is 0.335 e. The van der Waals surface area contributed by atoms with Crippen molar-refractivity contribution in [1.82, 2.24) is 25.2 Å². The Labute approximate surface area is 215 Å². The van der Waals surface area contributed by atoms with E-state index in [-0.39, 0.29) is 5.56 Å².